The minimum absolute atomic E-state index is 0.0959. The number of carbonyl (C=O) groups excluding carboxylic acids is 1. The van der Waals surface area contributed by atoms with E-state index in [1.807, 2.05) is 0 Å². The molecule has 0 N–H and O–H groups in total. The number of rotatable bonds is 16. The predicted molar refractivity (Wildman–Crippen MR) is 99.6 cm³/mol. The fourth-order valence-electron chi connectivity index (χ4n) is 2.40. The van der Waals surface area contributed by atoms with Gasteiger partial charge in [-0.2, -0.15) is 12.6 Å². The molecule has 0 saturated carbocycles. The lowest BCUT2D eigenvalue weighted by molar-refractivity contribution is -0.143. The summed E-state index contributed by atoms with van der Waals surface area (Å²) in [7, 11) is 0. The summed E-state index contributed by atoms with van der Waals surface area (Å²) in [5.74, 6) is 0.506. The molecule has 0 radical (unpaired) electrons. The van der Waals surface area contributed by atoms with E-state index >= 15 is 0 Å². The van der Waals surface area contributed by atoms with E-state index in [1.165, 1.54) is 64.2 Å². The number of hydrogen-bond acceptors (Lipinski definition) is 3. The molecule has 0 aliphatic heterocycles. The SMILES string of the molecule is CCCCCCCCCCC/C=C/CCCC(=O)OCCS. The van der Waals surface area contributed by atoms with E-state index in [0.717, 1.165) is 12.8 Å². The molecule has 0 rings (SSSR count). The van der Waals surface area contributed by atoms with Crippen molar-refractivity contribution in [3.8, 4) is 0 Å². The maximum Gasteiger partial charge on any atom is 0.305 e. The van der Waals surface area contributed by atoms with Gasteiger partial charge in [0.05, 0.1) is 0 Å². The van der Waals surface area contributed by atoms with Gasteiger partial charge < -0.3 is 4.74 Å². The average Bonchev–Trinajstić information content (AvgIpc) is 2.53. The number of allylic oxidation sites excluding steroid dienone is 2. The maximum absolute atomic E-state index is 11.2. The summed E-state index contributed by atoms with van der Waals surface area (Å²) >= 11 is 4.00. The van der Waals surface area contributed by atoms with Crippen LogP contribution in [0, 0.1) is 0 Å². The summed E-state index contributed by atoms with van der Waals surface area (Å²) in [6, 6.07) is 0. The molecule has 22 heavy (non-hydrogen) atoms. The predicted octanol–water partition coefficient (Wildman–Crippen LogP) is 6.11. The number of thiol groups is 1. The van der Waals surface area contributed by atoms with Gasteiger partial charge in [-0.05, 0) is 25.7 Å². The van der Waals surface area contributed by atoms with Gasteiger partial charge in [0.25, 0.3) is 0 Å². The minimum Gasteiger partial charge on any atom is -0.465 e. The molecule has 0 aromatic carbocycles. The van der Waals surface area contributed by atoms with Crippen molar-refractivity contribution in [2.45, 2.75) is 90.4 Å². The van der Waals surface area contributed by atoms with E-state index in [1.54, 1.807) is 0 Å². The monoisotopic (exact) mass is 328 g/mol. The summed E-state index contributed by atoms with van der Waals surface area (Å²) in [6.07, 6.45) is 20.5. The highest BCUT2D eigenvalue weighted by molar-refractivity contribution is 7.80. The zero-order valence-corrected chi connectivity index (χ0v) is 15.4. The number of hydrogen-bond donors (Lipinski definition) is 1. The summed E-state index contributed by atoms with van der Waals surface area (Å²) < 4.78 is 4.97. The Labute approximate surface area is 143 Å². The number of ether oxygens (including phenoxy) is 1. The second kappa shape index (κ2) is 18.6. The van der Waals surface area contributed by atoms with E-state index in [0.29, 0.717) is 18.8 Å². The summed E-state index contributed by atoms with van der Waals surface area (Å²) in [6.45, 7) is 2.69. The van der Waals surface area contributed by atoms with E-state index in [2.05, 4.69) is 31.7 Å². The molecule has 0 spiro atoms. The lowest BCUT2D eigenvalue weighted by Gasteiger charge is -2.01. The first kappa shape index (κ1) is 21.6. The molecule has 0 aliphatic carbocycles. The summed E-state index contributed by atoms with van der Waals surface area (Å²) in [4.78, 5) is 11.2. The van der Waals surface area contributed by atoms with Gasteiger partial charge in [0, 0.05) is 12.2 Å². The van der Waals surface area contributed by atoms with Gasteiger partial charge in [0.1, 0.15) is 6.61 Å². The molecule has 0 fully saturated rings. The van der Waals surface area contributed by atoms with Crippen LogP contribution in [0.2, 0.25) is 0 Å². The molecule has 0 amide bonds. The van der Waals surface area contributed by atoms with E-state index in [4.69, 9.17) is 4.74 Å². The fraction of sp³-hybridized carbons (Fsp3) is 0.842. The first-order valence-corrected chi connectivity index (χ1v) is 9.86. The Kier molecular flexibility index (Phi) is 18.2. The summed E-state index contributed by atoms with van der Waals surface area (Å²) in [5.41, 5.74) is 0. The van der Waals surface area contributed by atoms with Crippen molar-refractivity contribution in [3.05, 3.63) is 12.2 Å². The highest BCUT2D eigenvalue weighted by Gasteiger charge is 1.99. The van der Waals surface area contributed by atoms with Crippen molar-refractivity contribution in [1.82, 2.24) is 0 Å². The van der Waals surface area contributed by atoms with Crippen LogP contribution in [0.1, 0.15) is 90.4 Å². The summed E-state index contributed by atoms with van der Waals surface area (Å²) in [5, 5.41) is 0. The van der Waals surface area contributed by atoms with E-state index < -0.39 is 0 Å². The maximum atomic E-state index is 11.2. The third-order valence-corrected chi connectivity index (χ3v) is 3.93. The second-order valence-electron chi connectivity index (χ2n) is 5.92. The van der Waals surface area contributed by atoms with Crippen molar-refractivity contribution >= 4 is 18.6 Å². The van der Waals surface area contributed by atoms with Crippen LogP contribution in [-0.2, 0) is 9.53 Å². The Balaban J connectivity index is 3.16. The van der Waals surface area contributed by atoms with Gasteiger partial charge >= 0.3 is 5.97 Å². The minimum atomic E-state index is -0.0959. The molecule has 0 saturated heterocycles. The van der Waals surface area contributed by atoms with Gasteiger partial charge in [-0.25, -0.2) is 0 Å². The van der Waals surface area contributed by atoms with Crippen LogP contribution in [0.25, 0.3) is 0 Å². The van der Waals surface area contributed by atoms with Crippen LogP contribution in [0.15, 0.2) is 12.2 Å². The number of carbonyl (C=O) groups is 1. The van der Waals surface area contributed by atoms with Crippen LogP contribution in [-0.4, -0.2) is 18.3 Å². The lowest BCUT2D eigenvalue weighted by atomic mass is 10.1. The fourth-order valence-corrected chi connectivity index (χ4v) is 2.50. The van der Waals surface area contributed by atoms with Gasteiger partial charge in [-0.3, -0.25) is 4.79 Å². The Morgan fingerprint density at radius 1 is 0.864 bits per heavy atom. The van der Waals surface area contributed by atoms with Gasteiger partial charge in [-0.15, -0.1) is 0 Å². The molecule has 0 unspecified atom stereocenters. The zero-order valence-electron chi connectivity index (χ0n) is 14.5. The molecule has 0 bridgehead atoms. The number of unbranched alkanes of at least 4 members (excludes halogenated alkanes) is 10. The average molecular weight is 329 g/mol. The van der Waals surface area contributed by atoms with Crippen LogP contribution in [0.5, 0.6) is 0 Å². The molecule has 0 atom stereocenters. The smallest absolute Gasteiger partial charge is 0.305 e. The molecule has 0 heterocycles. The molecule has 0 aliphatic rings. The Bertz CT molecular complexity index is 264. The topological polar surface area (TPSA) is 26.3 Å². The Morgan fingerprint density at radius 2 is 1.41 bits per heavy atom. The Hall–Kier alpha value is -0.440. The largest absolute Gasteiger partial charge is 0.465 e. The molecule has 0 aromatic heterocycles. The van der Waals surface area contributed by atoms with Crippen LogP contribution >= 0.6 is 12.6 Å². The third kappa shape index (κ3) is 17.6. The van der Waals surface area contributed by atoms with Crippen molar-refractivity contribution in [3.63, 3.8) is 0 Å². The van der Waals surface area contributed by atoms with Gasteiger partial charge in [0.2, 0.25) is 0 Å². The Morgan fingerprint density at radius 3 is 2.00 bits per heavy atom. The van der Waals surface area contributed by atoms with Crippen molar-refractivity contribution in [2.24, 2.45) is 0 Å². The van der Waals surface area contributed by atoms with Crippen LogP contribution in [0.3, 0.4) is 0 Å². The molecular formula is C19H36O2S. The highest BCUT2D eigenvalue weighted by Crippen LogP contribution is 2.10. The van der Waals surface area contributed by atoms with Crippen molar-refractivity contribution in [1.29, 1.82) is 0 Å². The standard InChI is InChI=1S/C19H36O2S/c1-2-3-4-5-6-7-8-9-10-11-12-13-14-15-16-19(20)21-17-18-22/h12-13,22H,2-11,14-18H2,1H3/b13-12+. The van der Waals surface area contributed by atoms with Gasteiger partial charge in [0.15, 0.2) is 0 Å². The first-order chi connectivity index (χ1) is 10.8. The lowest BCUT2D eigenvalue weighted by Crippen LogP contribution is -2.05. The second-order valence-corrected chi connectivity index (χ2v) is 6.37. The number of esters is 1. The van der Waals surface area contributed by atoms with E-state index in [-0.39, 0.29) is 5.97 Å². The third-order valence-electron chi connectivity index (χ3n) is 3.75. The quantitative estimate of drug-likeness (QED) is 0.160. The molecule has 130 valence electrons. The van der Waals surface area contributed by atoms with Crippen molar-refractivity contribution in [2.75, 3.05) is 12.4 Å². The normalized spacial score (nSPS) is 11.2. The highest BCUT2D eigenvalue weighted by atomic mass is 32.1. The molecular weight excluding hydrogens is 292 g/mol. The first-order valence-electron chi connectivity index (χ1n) is 9.22. The van der Waals surface area contributed by atoms with Gasteiger partial charge in [-0.1, -0.05) is 70.4 Å². The van der Waals surface area contributed by atoms with Crippen LogP contribution < -0.4 is 0 Å². The van der Waals surface area contributed by atoms with Crippen LogP contribution in [0.4, 0.5) is 0 Å². The molecule has 0 aromatic rings. The van der Waals surface area contributed by atoms with Crippen molar-refractivity contribution < 1.29 is 9.53 Å². The zero-order chi connectivity index (χ0) is 16.3. The molecule has 2 nitrogen and oxygen atoms in total. The van der Waals surface area contributed by atoms with E-state index in [9.17, 15) is 4.79 Å². The molecule has 3 heteroatoms.